The highest BCUT2D eigenvalue weighted by Crippen LogP contribution is 2.32. The summed E-state index contributed by atoms with van der Waals surface area (Å²) in [6.45, 7) is 3.64. The molecule has 0 unspecified atom stereocenters. The van der Waals surface area contributed by atoms with Gasteiger partial charge in [-0.1, -0.05) is 23.4 Å². The number of aryl methyl sites for hydroxylation is 1. The Balaban J connectivity index is 1.38. The molecule has 1 N–H and O–H groups in total. The molecule has 8 nitrogen and oxygen atoms in total. The summed E-state index contributed by atoms with van der Waals surface area (Å²) in [6.07, 6.45) is 3.94. The Bertz CT molecular complexity index is 1080. The number of hydrogen-bond donors (Lipinski definition) is 1. The Morgan fingerprint density at radius 3 is 2.74 bits per heavy atom. The van der Waals surface area contributed by atoms with Crippen molar-refractivity contribution in [1.29, 1.82) is 0 Å². The second-order valence-electron chi connectivity index (χ2n) is 7.07. The molecule has 4 aromatic rings. The van der Waals surface area contributed by atoms with Gasteiger partial charge in [0.2, 0.25) is 11.8 Å². The van der Waals surface area contributed by atoms with Crippen LogP contribution in [0.25, 0.3) is 22.3 Å². The molecule has 5 rings (SSSR count). The molecule has 0 amide bonds. The molecular weight excluding hydrogens is 342 g/mol. The smallest absolute Gasteiger partial charge is 0.229 e. The number of H-pyrrole nitrogens is 1. The zero-order chi connectivity index (χ0) is 18.4. The summed E-state index contributed by atoms with van der Waals surface area (Å²) in [5.74, 6) is 3.55. The fraction of sp³-hybridized carbons (Fsp3) is 0.368. The van der Waals surface area contributed by atoms with Gasteiger partial charge in [0.25, 0.3) is 0 Å². The number of fused-ring (bicyclic) bond motifs is 1. The maximum Gasteiger partial charge on any atom is 0.229 e. The topological polar surface area (TPSA) is 88.7 Å². The number of para-hydroxylation sites is 1. The number of anilines is 1. The number of benzene rings is 1. The van der Waals surface area contributed by atoms with Crippen molar-refractivity contribution in [2.45, 2.75) is 25.7 Å². The quantitative estimate of drug-likeness (QED) is 0.602. The van der Waals surface area contributed by atoms with Gasteiger partial charge in [-0.15, -0.1) is 10.2 Å². The van der Waals surface area contributed by atoms with Crippen molar-refractivity contribution < 1.29 is 4.52 Å². The van der Waals surface area contributed by atoms with E-state index in [0.29, 0.717) is 11.7 Å². The van der Waals surface area contributed by atoms with Crippen LogP contribution in [0.4, 0.5) is 5.95 Å². The van der Waals surface area contributed by atoms with Crippen LogP contribution in [0.1, 0.15) is 30.5 Å². The van der Waals surface area contributed by atoms with Gasteiger partial charge in [-0.25, -0.2) is 0 Å². The molecule has 1 aliphatic rings. The molecule has 0 radical (unpaired) electrons. The van der Waals surface area contributed by atoms with Crippen LogP contribution >= 0.6 is 0 Å². The van der Waals surface area contributed by atoms with E-state index in [2.05, 4.69) is 46.9 Å². The van der Waals surface area contributed by atoms with Crippen LogP contribution in [-0.4, -0.2) is 43.0 Å². The number of nitrogens with zero attached hydrogens (tertiary/aromatic N) is 6. The molecule has 0 spiro atoms. The maximum atomic E-state index is 5.35. The van der Waals surface area contributed by atoms with E-state index in [1.165, 1.54) is 0 Å². The summed E-state index contributed by atoms with van der Waals surface area (Å²) in [5, 5.41) is 14.0. The van der Waals surface area contributed by atoms with Gasteiger partial charge in [-0.05, 0) is 25.8 Å². The maximum absolute atomic E-state index is 5.35. The lowest BCUT2D eigenvalue weighted by atomic mass is 9.97. The minimum Gasteiger partial charge on any atom is -0.360 e. The van der Waals surface area contributed by atoms with E-state index in [-0.39, 0.29) is 0 Å². The Labute approximate surface area is 156 Å². The van der Waals surface area contributed by atoms with Crippen molar-refractivity contribution in [1.82, 2.24) is 29.9 Å². The van der Waals surface area contributed by atoms with E-state index in [1.54, 1.807) is 0 Å². The van der Waals surface area contributed by atoms with E-state index in [0.717, 1.165) is 60.1 Å². The third-order valence-corrected chi connectivity index (χ3v) is 5.35. The van der Waals surface area contributed by atoms with Crippen LogP contribution in [0.5, 0.6) is 0 Å². The van der Waals surface area contributed by atoms with Crippen molar-refractivity contribution in [3.63, 3.8) is 0 Å². The number of rotatable bonds is 3. The van der Waals surface area contributed by atoms with Crippen molar-refractivity contribution >= 4 is 16.9 Å². The third-order valence-electron chi connectivity index (χ3n) is 5.35. The molecule has 1 fully saturated rings. The van der Waals surface area contributed by atoms with Crippen LogP contribution < -0.4 is 4.90 Å². The first-order chi connectivity index (χ1) is 13.2. The molecule has 1 aliphatic heterocycles. The van der Waals surface area contributed by atoms with Gasteiger partial charge in [0, 0.05) is 48.7 Å². The Hall–Kier alpha value is -3.16. The summed E-state index contributed by atoms with van der Waals surface area (Å²) >= 11 is 0. The van der Waals surface area contributed by atoms with Crippen molar-refractivity contribution in [2.24, 2.45) is 7.05 Å². The summed E-state index contributed by atoms with van der Waals surface area (Å²) in [4.78, 5) is 9.98. The molecule has 138 valence electrons. The first-order valence-electron chi connectivity index (χ1n) is 9.22. The number of aromatic amines is 1. The largest absolute Gasteiger partial charge is 0.360 e. The van der Waals surface area contributed by atoms with E-state index >= 15 is 0 Å². The molecular formula is C19H21N7O. The molecule has 0 aliphatic carbocycles. The number of piperidine rings is 1. The number of nitrogens with one attached hydrogen (secondary N) is 1. The van der Waals surface area contributed by atoms with E-state index in [1.807, 2.05) is 32.3 Å². The van der Waals surface area contributed by atoms with Gasteiger partial charge in [0.15, 0.2) is 11.6 Å². The second kappa shape index (κ2) is 6.22. The molecule has 0 bridgehead atoms. The lowest BCUT2D eigenvalue weighted by Crippen LogP contribution is -2.34. The molecule has 8 heteroatoms. The monoisotopic (exact) mass is 363 g/mol. The summed E-state index contributed by atoms with van der Waals surface area (Å²) in [6, 6.07) is 8.24. The van der Waals surface area contributed by atoms with E-state index in [9.17, 15) is 0 Å². The van der Waals surface area contributed by atoms with Gasteiger partial charge in [0.05, 0.1) is 0 Å². The van der Waals surface area contributed by atoms with Gasteiger partial charge in [-0.3, -0.25) is 4.57 Å². The number of aromatic nitrogens is 6. The molecule has 0 saturated carbocycles. The van der Waals surface area contributed by atoms with Crippen molar-refractivity contribution in [3.8, 4) is 11.4 Å². The average Bonchev–Trinajstić information content (AvgIpc) is 3.40. The highest BCUT2D eigenvalue weighted by atomic mass is 16.5. The third kappa shape index (κ3) is 2.68. The van der Waals surface area contributed by atoms with Gasteiger partial charge in [0.1, 0.15) is 0 Å². The fourth-order valence-corrected chi connectivity index (χ4v) is 3.89. The average molecular weight is 363 g/mol. The minimum atomic E-state index is 0.323. The fourth-order valence-electron chi connectivity index (χ4n) is 3.89. The standard InChI is InChI=1S/C19H21N7O/c1-12-21-18(27-24-12)13-7-9-26(10-8-13)19-23-22-17(25(19)2)15-11-20-16-6-4-3-5-14(15)16/h3-6,11,13,20H,7-10H2,1-2H3. The van der Waals surface area contributed by atoms with Crippen LogP contribution in [0, 0.1) is 6.92 Å². The van der Waals surface area contributed by atoms with Crippen LogP contribution in [0.2, 0.25) is 0 Å². The van der Waals surface area contributed by atoms with Crippen molar-refractivity contribution in [3.05, 3.63) is 42.2 Å². The Morgan fingerprint density at radius 1 is 1.15 bits per heavy atom. The lowest BCUT2D eigenvalue weighted by molar-refractivity contribution is 0.326. The molecule has 4 heterocycles. The SMILES string of the molecule is Cc1noc(C2CCN(c3nnc(-c4c[nH]c5ccccc45)n3C)CC2)n1. The first kappa shape index (κ1) is 16.0. The minimum absolute atomic E-state index is 0.323. The van der Waals surface area contributed by atoms with Gasteiger partial charge in [-0.2, -0.15) is 4.98 Å². The van der Waals surface area contributed by atoms with Gasteiger partial charge >= 0.3 is 0 Å². The lowest BCUT2D eigenvalue weighted by Gasteiger charge is -2.30. The number of hydrogen-bond acceptors (Lipinski definition) is 6. The Kier molecular flexibility index (Phi) is 3.70. The second-order valence-corrected chi connectivity index (χ2v) is 7.07. The molecule has 0 atom stereocenters. The summed E-state index contributed by atoms with van der Waals surface area (Å²) in [7, 11) is 2.03. The van der Waals surface area contributed by atoms with E-state index in [4.69, 9.17) is 4.52 Å². The normalized spacial score (nSPS) is 15.7. The van der Waals surface area contributed by atoms with Crippen LogP contribution in [0.3, 0.4) is 0 Å². The highest BCUT2D eigenvalue weighted by Gasteiger charge is 2.27. The molecule has 1 saturated heterocycles. The predicted octanol–water partition coefficient (Wildman–Crippen LogP) is 3.04. The molecule has 27 heavy (non-hydrogen) atoms. The van der Waals surface area contributed by atoms with Crippen LogP contribution in [-0.2, 0) is 7.05 Å². The first-order valence-corrected chi connectivity index (χ1v) is 9.22. The molecule has 1 aromatic carbocycles. The highest BCUT2D eigenvalue weighted by molar-refractivity contribution is 5.93. The summed E-state index contributed by atoms with van der Waals surface area (Å²) in [5.41, 5.74) is 2.18. The van der Waals surface area contributed by atoms with Crippen LogP contribution in [0.15, 0.2) is 35.0 Å². The van der Waals surface area contributed by atoms with E-state index < -0.39 is 0 Å². The van der Waals surface area contributed by atoms with Crippen molar-refractivity contribution in [2.75, 3.05) is 18.0 Å². The Morgan fingerprint density at radius 2 is 1.96 bits per heavy atom. The van der Waals surface area contributed by atoms with Gasteiger partial charge < -0.3 is 14.4 Å². The zero-order valence-electron chi connectivity index (χ0n) is 15.4. The zero-order valence-corrected chi connectivity index (χ0v) is 15.4. The molecule has 3 aromatic heterocycles. The predicted molar refractivity (Wildman–Crippen MR) is 102 cm³/mol. The summed E-state index contributed by atoms with van der Waals surface area (Å²) < 4.78 is 7.42.